The third-order valence-corrected chi connectivity index (χ3v) is 6.66. The molecule has 1 unspecified atom stereocenters. The van der Waals surface area contributed by atoms with Crippen LogP contribution in [0.2, 0.25) is 0 Å². The molecule has 1 saturated carbocycles. The van der Waals surface area contributed by atoms with E-state index in [1.165, 1.54) is 83.5 Å². The Labute approximate surface area is 168 Å². The Morgan fingerprint density at radius 3 is 1.67 bits per heavy atom. The minimum Gasteiger partial charge on any atom is -0.302 e. The highest BCUT2D eigenvalue weighted by atomic mass is 31.2. The van der Waals surface area contributed by atoms with Gasteiger partial charge in [0.05, 0.1) is 12.7 Å². The van der Waals surface area contributed by atoms with E-state index in [1.54, 1.807) is 0 Å². The Balaban J connectivity index is 1.81. The molecule has 0 saturated heterocycles. The molecule has 1 aliphatic rings. The maximum atomic E-state index is 11.9. The second-order valence-electron chi connectivity index (χ2n) is 8.26. The zero-order valence-electron chi connectivity index (χ0n) is 17.8. The largest absolute Gasteiger partial charge is 0.472 e. The Kier molecular flexibility index (Phi) is 15.8. The van der Waals surface area contributed by atoms with Gasteiger partial charge in [-0.05, 0) is 19.3 Å². The van der Waals surface area contributed by atoms with Gasteiger partial charge in [0.25, 0.3) is 0 Å². The molecule has 5 heteroatoms. The highest BCUT2D eigenvalue weighted by molar-refractivity contribution is 7.47. The highest BCUT2D eigenvalue weighted by Gasteiger charge is 2.27. The quantitative estimate of drug-likeness (QED) is 0.186. The summed E-state index contributed by atoms with van der Waals surface area (Å²) in [7, 11) is -3.85. The van der Waals surface area contributed by atoms with Crippen LogP contribution in [0.3, 0.4) is 0 Å². The molecule has 0 spiro atoms. The zero-order chi connectivity index (χ0) is 19.6. The van der Waals surface area contributed by atoms with Crippen LogP contribution in [0.5, 0.6) is 0 Å². The van der Waals surface area contributed by atoms with Gasteiger partial charge in [-0.1, -0.05) is 110 Å². The molecule has 27 heavy (non-hydrogen) atoms. The lowest BCUT2D eigenvalue weighted by molar-refractivity contribution is 0.0817. The molecule has 0 aromatic rings. The monoisotopic (exact) mass is 404 g/mol. The molecule has 0 radical (unpaired) electrons. The average Bonchev–Trinajstić information content (AvgIpc) is 2.65. The van der Waals surface area contributed by atoms with E-state index in [1.807, 2.05) is 0 Å². The van der Waals surface area contributed by atoms with Gasteiger partial charge in [0, 0.05) is 0 Å². The summed E-state index contributed by atoms with van der Waals surface area (Å²) in [5, 5.41) is 0. The molecule has 0 aromatic carbocycles. The fourth-order valence-corrected chi connectivity index (χ4v) is 4.87. The lowest BCUT2D eigenvalue weighted by Crippen LogP contribution is -2.16. The van der Waals surface area contributed by atoms with Crippen LogP contribution in [0, 0.1) is 0 Å². The molecular formula is C22H45O4P. The van der Waals surface area contributed by atoms with Crippen molar-refractivity contribution in [3.8, 4) is 0 Å². The van der Waals surface area contributed by atoms with Gasteiger partial charge < -0.3 is 4.89 Å². The van der Waals surface area contributed by atoms with Crippen LogP contribution in [0.15, 0.2) is 0 Å². The summed E-state index contributed by atoms with van der Waals surface area (Å²) in [6.07, 6.45) is 23.3. The first-order valence-corrected chi connectivity index (χ1v) is 13.3. The molecule has 1 N–H and O–H groups in total. The molecule has 0 heterocycles. The van der Waals surface area contributed by atoms with Crippen molar-refractivity contribution in [3.05, 3.63) is 0 Å². The normalized spacial score (nSPS) is 17.9. The summed E-state index contributed by atoms with van der Waals surface area (Å²) in [6, 6.07) is 0. The van der Waals surface area contributed by atoms with Crippen molar-refractivity contribution in [3.63, 3.8) is 0 Å². The lowest BCUT2D eigenvalue weighted by atomic mass is 9.98. The van der Waals surface area contributed by atoms with Gasteiger partial charge in [-0.25, -0.2) is 4.57 Å². The topological polar surface area (TPSA) is 55.8 Å². The van der Waals surface area contributed by atoms with Crippen LogP contribution in [0.1, 0.15) is 129 Å². The number of phosphoric ester groups is 1. The highest BCUT2D eigenvalue weighted by Crippen LogP contribution is 2.46. The van der Waals surface area contributed by atoms with E-state index in [4.69, 9.17) is 9.05 Å². The molecule has 0 aliphatic heterocycles. The van der Waals surface area contributed by atoms with Crippen LogP contribution in [0.4, 0.5) is 0 Å². The van der Waals surface area contributed by atoms with Gasteiger partial charge in [-0.15, -0.1) is 0 Å². The number of phosphoric acid groups is 1. The van der Waals surface area contributed by atoms with Crippen LogP contribution in [-0.2, 0) is 13.6 Å². The van der Waals surface area contributed by atoms with Gasteiger partial charge in [0.1, 0.15) is 0 Å². The predicted octanol–water partition coefficient (Wildman–Crippen LogP) is 7.93. The van der Waals surface area contributed by atoms with Crippen LogP contribution in [0.25, 0.3) is 0 Å². The van der Waals surface area contributed by atoms with Crippen molar-refractivity contribution in [1.29, 1.82) is 0 Å². The summed E-state index contributed by atoms with van der Waals surface area (Å²) in [5.41, 5.74) is 0. The van der Waals surface area contributed by atoms with Crippen LogP contribution < -0.4 is 0 Å². The molecule has 1 rings (SSSR count). The van der Waals surface area contributed by atoms with Gasteiger partial charge in [-0.3, -0.25) is 9.05 Å². The Hall–Kier alpha value is 0.110. The summed E-state index contributed by atoms with van der Waals surface area (Å²) < 4.78 is 22.3. The van der Waals surface area contributed by atoms with Gasteiger partial charge >= 0.3 is 7.82 Å². The van der Waals surface area contributed by atoms with Crippen LogP contribution >= 0.6 is 7.82 Å². The Bertz CT molecular complexity index is 369. The molecule has 4 nitrogen and oxygen atoms in total. The maximum Gasteiger partial charge on any atom is 0.472 e. The number of hydrogen-bond acceptors (Lipinski definition) is 3. The molecule has 162 valence electrons. The fraction of sp³-hybridized carbons (Fsp3) is 1.00. The number of hydrogen-bond donors (Lipinski definition) is 1. The second kappa shape index (κ2) is 17.0. The van der Waals surface area contributed by atoms with Crippen molar-refractivity contribution >= 4 is 7.82 Å². The standard InChI is InChI=1S/C22H45O4P/c1-2-3-4-5-6-7-8-9-10-11-12-13-14-18-21-25-27(23,24)26-22-19-16-15-17-20-22/h22H,2-21H2,1H3,(H,23,24). The van der Waals surface area contributed by atoms with E-state index in [-0.39, 0.29) is 6.10 Å². The predicted molar refractivity (Wildman–Crippen MR) is 114 cm³/mol. The molecule has 0 bridgehead atoms. The fourth-order valence-electron chi connectivity index (χ4n) is 3.87. The van der Waals surface area contributed by atoms with Crippen molar-refractivity contribution in [2.24, 2.45) is 0 Å². The second-order valence-corrected chi connectivity index (χ2v) is 9.67. The van der Waals surface area contributed by atoms with Gasteiger partial charge in [0.2, 0.25) is 0 Å². The molecule has 1 aliphatic carbocycles. The van der Waals surface area contributed by atoms with Gasteiger partial charge in [0.15, 0.2) is 0 Å². The van der Waals surface area contributed by atoms with Crippen LogP contribution in [-0.4, -0.2) is 17.6 Å². The average molecular weight is 405 g/mol. The first-order valence-electron chi connectivity index (χ1n) is 11.8. The summed E-state index contributed by atoms with van der Waals surface area (Å²) in [5.74, 6) is 0. The van der Waals surface area contributed by atoms with Crippen molar-refractivity contribution in [2.45, 2.75) is 135 Å². The van der Waals surface area contributed by atoms with E-state index in [9.17, 15) is 9.46 Å². The van der Waals surface area contributed by atoms with E-state index >= 15 is 0 Å². The van der Waals surface area contributed by atoms with Crippen molar-refractivity contribution < 1.29 is 18.5 Å². The lowest BCUT2D eigenvalue weighted by Gasteiger charge is -2.23. The molecular weight excluding hydrogens is 359 g/mol. The molecule has 0 aromatic heterocycles. The minimum atomic E-state index is -3.85. The third-order valence-electron chi connectivity index (χ3n) is 5.59. The SMILES string of the molecule is CCCCCCCCCCCCCCCCOP(=O)(O)OC1CCCCC1. The maximum absolute atomic E-state index is 11.9. The zero-order valence-corrected chi connectivity index (χ0v) is 18.7. The smallest absolute Gasteiger partial charge is 0.302 e. The Morgan fingerprint density at radius 1 is 0.741 bits per heavy atom. The van der Waals surface area contributed by atoms with Crippen molar-refractivity contribution in [2.75, 3.05) is 6.61 Å². The minimum absolute atomic E-state index is 0.0917. The van der Waals surface area contributed by atoms with Crippen molar-refractivity contribution in [1.82, 2.24) is 0 Å². The number of rotatable bonds is 18. The first kappa shape index (κ1) is 25.1. The molecule has 1 atom stereocenters. The third kappa shape index (κ3) is 15.7. The van der Waals surface area contributed by atoms with Gasteiger partial charge in [-0.2, -0.15) is 0 Å². The Morgan fingerprint density at radius 2 is 1.19 bits per heavy atom. The van der Waals surface area contributed by atoms with E-state index in [0.717, 1.165) is 38.5 Å². The first-order chi connectivity index (χ1) is 13.1. The van der Waals surface area contributed by atoms with E-state index in [2.05, 4.69) is 6.92 Å². The van der Waals surface area contributed by atoms with E-state index in [0.29, 0.717) is 6.61 Å². The molecule has 1 fully saturated rings. The summed E-state index contributed by atoms with van der Waals surface area (Å²) in [6.45, 7) is 2.60. The summed E-state index contributed by atoms with van der Waals surface area (Å²) >= 11 is 0. The molecule has 0 amide bonds. The summed E-state index contributed by atoms with van der Waals surface area (Å²) in [4.78, 5) is 9.78. The number of unbranched alkanes of at least 4 members (excludes halogenated alkanes) is 13. The van der Waals surface area contributed by atoms with E-state index < -0.39 is 7.82 Å².